The SMILES string of the molecule is CCCCOCC(O)CN(CC(O)COCCCC)c1cccc2ccccc12. The quantitative estimate of drug-likeness (QED) is 0.440. The third-order valence-electron chi connectivity index (χ3n) is 4.87. The molecular weight excluding hydrogens is 366 g/mol. The minimum absolute atomic E-state index is 0.296. The lowest BCUT2D eigenvalue weighted by atomic mass is 10.1. The summed E-state index contributed by atoms with van der Waals surface area (Å²) in [5, 5.41) is 23.3. The van der Waals surface area contributed by atoms with Gasteiger partial charge in [-0.15, -0.1) is 0 Å². The summed E-state index contributed by atoms with van der Waals surface area (Å²) < 4.78 is 11.2. The highest BCUT2D eigenvalue weighted by Gasteiger charge is 2.18. The van der Waals surface area contributed by atoms with E-state index in [-0.39, 0.29) is 0 Å². The van der Waals surface area contributed by atoms with Crippen LogP contribution in [-0.4, -0.2) is 61.9 Å². The van der Waals surface area contributed by atoms with Gasteiger partial charge < -0.3 is 24.6 Å². The van der Waals surface area contributed by atoms with Gasteiger partial charge in [0, 0.05) is 37.4 Å². The molecule has 0 fully saturated rings. The molecule has 162 valence electrons. The molecule has 0 heterocycles. The van der Waals surface area contributed by atoms with Crippen LogP contribution in [0.2, 0.25) is 0 Å². The average molecular weight is 404 g/mol. The molecule has 0 saturated carbocycles. The van der Waals surface area contributed by atoms with Crippen molar-refractivity contribution in [2.45, 2.75) is 51.7 Å². The lowest BCUT2D eigenvalue weighted by Gasteiger charge is -2.30. The normalized spacial score (nSPS) is 13.5. The highest BCUT2D eigenvalue weighted by Crippen LogP contribution is 2.27. The van der Waals surface area contributed by atoms with Crippen LogP contribution in [0.1, 0.15) is 39.5 Å². The lowest BCUT2D eigenvalue weighted by Crippen LogP contribution is -2.41. The molecule has 0 amide bonds. The summed E-state index contributed by atoms with van der Waals surface area (Å²) in [6.45, 7) is 6.94. The number of anilines is 1. The maximum atomic E-state index is 10.5. The Morgan fingerprint density at radius 1 is 0.793 bits per heavy atom. The van der Waals surface area contributed by atoms with Gasteiger partial charge in [0.2, 0.25) is 0 Å². The monoisotopic (exact) mass is 403 g/mol. The summed E-state index contributed by atoms with van der Waals surface area (Å²) in [5.41, 5.74) is 1.00. The molecule has 0 saturated heterocycles. The molecule has 0 aliphatic carbocycles. The molecule has 2 N–H and O–H groups in total. The van der Waals surface area contributed by atoms with E-state index in [1.54, 1.807) is 0 Å². The van der Waals surface area contributed by atoms with Crippen LogP contribution in [0.15, 0.2) is 42.5 Å². The first kappa shape index (κ1) is 23.6. The Labute approximate surface area is 175 Å². The van der Waals surface area contributed by atoms with Gasteiger partial charge in [-0.1, -0.05) is 63.1 Å². The van der Waals surface area contributed by atoms with Gasteiger partial charge in [0.1, 0.15) is 0 Å². The Morgan fingerprint density at radius 2 is 1.34 bits per heavy atom. The molecule has 2 unspecified atom stereocenters. The zero-order valence-electron chi connectivity index (χ0n) is 17.9. The van der Waals surface area contributed by atoms with Crippen molar-refractivity contribution in [1.29, 1.82) is 0 Å². The Kier molecular flexibility index (Phi) is 11.0. The van der Waals surface area contributed by atoms with Gasteiger partial charge in [-0.05, 0) is 24.3 Å². The van der Waals surface area contributed by atoms with Gasteiger partial charge in [-0.2, -0.15) is 0 Å². The number of rotatable bonds is 15. The Morgan fingerprint density at radius 3 is 1.93 bits per heavy atom. The molecule has 29 heavy (non-hydrogen) atoms. The molecule has 0 bridgehead atoms. The molecule has 0 aromatic heterocycles. The molecule has 0 radical (unpaired) electrons. The molecule has 0 spiro atoms. The van der Waals surface area contributed by atoms with E-state index in [1.165, 1.54) is 0 Å². The van der Waals surface area contributed by atoms with Crippen molar-refractivity contribution in [1.82, 2.24) is 0 Å². The molecule has 5 heteroatoms. The largest absolute Gasteiger partial charge is 0.389 e. The summed E-state index contributed by atoms with van der Waals surface area (Å²) in [6, 6.07) is 14.3. The average Bonchev–Trinajstić information content (AvgIpc) is 2.73. The minimum atomic E-state index is -0.626. The van der Waals surface area contributed by atoms with Gasteiger partial charge in [0.15, 0.2) is 0 Å². The maximum Gasteiger partial charge on any atom is 0.0948 e. The number of benzene rings is 2. The van der Waals surface area contributed by atoms with Crippen molar-refractivity contribution in [3.8, 4) is 0 Å². The smallest absolute Gasteiger partial charge is 0.0948 e. The zero-order valence-corrected chi connectivity index (χ0v) is 17.9. The van der Waals surface area contributed by atoms with Crippen LogP contribution in [0.5, 0.6) is 0 Å². The van der Waals surface area contributed by atoms with E-state index in [0.29, 0.717) is 39.5 Å². The Balaban J connectivity index is 2.08. The molecular formula is C24H37NO4. The fourth-order valence-corrected chi connectivity index (χ4v) is 3.30. The topological polar surface area (TPSA) is 62.2 Å². The van der Waals surface area contributed by atoms with Crippen LogP contribution in [0.3, 0.4) is 0 Å². The van der Waals surface area contributed by atoms with Gasteiger partial charge in [-0.25, -0.2) is 0 Å². The number of hydrogen-bond acceptors (Lipinski definition) is 5. The number of nitrogens with zero attached hydrogens (tertiary/aromatic N) is 1. The number of ether oxygens (including phenoxy) is 2. The highest BCUT2D eigenvalue weighted by atomic mass is 16.5. The predicted molar refractivity (Wildman–Crippen MR) is 120 cm³/mol. The standard InChI is InChI=1S/C24H37NO4/c1-3-5-14-28-18-21(26)16-25(17-22(27)19-29-15-6-4-2)24-13-9-11-20-10-7-8-12-23(20)24/h7-13,21-22,26-27H,3-6,14-19H2,1-2H3. The second-order valence-corrected chi connectivity index (χ2v) is 7.57. The fourth-order valence-electron chi connectivity index (χ4n) is 3.30. The number of unbranched alkanes of at least 4 members (excludes halogenated alkanes) is 2. The van der Waals surface area contributed by atoms with E-state index in [9.17, 15) is 10.2 Å². The van der Waals surface area contributed by atoms with Gasteiger partial charge in [-0.3, -0.25) is 0 Å². The molecule has 0 aliphatic rings. The molecule has 2 aromatic carbocycles. The van der Waals surface area contributed by atoms with Crippen LogP contribution < -0.4 is 4.90 Å². The van der Waals surface area contributed by atoms with E-state index in [2.05, 4.69) is 32.0 Å². The van der Waals surface area contributed by atoms with Crippen molar-refractivity contribution >= 4 is 16.5 Å². The van der Waals surface area contributed by atoms with E-state index in [0.717, 1.165) is 42.1 Å². The lowest BCUT2D eigenvalue weighted by molar-refractivity contribution is 0.0289. The van der Waals surface area contributed by atoms with E-state index >= 15 is 0 Å². The molecule has 2 aromatic rings. The minimum Gasteiger partial charge on any atom is -0.389 e. The summed E-state index contributed by atoms with van der Waals surface area (Å²) in [5.74, 6) is 0. The van der Waals surface area contributed by atoms with Crippen molar-refractivity contribution in [2.24, 2.45) is 0 Å². The van der Waals surface area contributed by atoms with Crippen LogP contribution in [-0.2, 0) is 9.47 Å². The van der Waals surface area contributed by atoms with Crippen molar-refractivity contribution in [3.63, 3.8) is 0 Å². The van der Waals surface area contributed by atoms with Crippen LogP contribution in [0.4, 0.5) is 5.69 Å². The van der Waals surface area contributed by atoms with Gasteiger partial charge in [0.05, 0.1) is 25.4 Å². The number of aliphatic hydroxyl groups is 2. The molecule has 2 atom stereocenters. The van der Waals surface area contributed by atoms with Crippen LogP contribution >= 0.6 is 0 Å². The van der Waals surface area contributed by atoms with E-state index in [1.807, 2.05) is 29.2 Å². The zero-order chi connectivity index (χ0) is 20.9. The summed E-state index contributed by atoms with van der Waals surface area (Å²) in [6.07, 6.45) is 2.88. The molecule has 2 rings (SSSR count). The molecule has 5 nitrogen and oxygen atoms in total. The first-order valence-corrected chi connectivity index (χ1v) is 10.9. The maximum absolute atomic E-state index is 10.5. The second kappa shape index (κ2) is 13.5. The van der Waals surface area contributed by atoms with Crippen LogP contribution in [0, 0.1) is 0 Å². The van der Waals surface area contributed by atoms with E-state index in [4.69, 9.17) is 9.47 Å². The Hall–Kier alpha value is -1.66. The third-order valence-corrected chi connectivity index (χ3v) is 4.87. The second-order valence-electron chi connectivity index (χ2n) is 7.57. The fraction of sp³-hybridized carbons (Fsp3) is 0.583. The molecule has 0 aliphatic heterocycles. The summed E-state index contributed by atoms with van der Waals surface area (Å²) >= 11 is 0. The summed E-state index contributed by atoms with van der Waals surface area (Å²) in [7, 11) is 0. The van der Waals surface area contributed by atoms with Crippen molar-refractivity contribution in [2.75, 3.05) is 44.4 Å². The number of fused-ring (bicyclic) bond motifs is 1. The van der Waals surface area contributed by atoms with Crippen LogP contribution in [0.25, 0.3) is 10.8 Å². The van der Waals surface area contributed by atoms with Crippen molar-refractivity contribution < 1.29 is 19.7 Å². The Bertz CT molecular complexity index is 668. The highest BCUT2D eigenvalue weighted by molar-refractivity contribution is 5.94. The van der Waals surface area contributed by atoms with E-state index < -0.39 is 12.2 Å². The number of aliphatic hydroxyl groups excluding tert-OH is 2. The van der Waals surface area contributed by atoms with Gasteiger partial charge >= 0.3 is 0 Å². The summed E-state index contributed by atoms with van der Waals surface area (Å²) in [4.78, 5) is 2.05. The number of hydrogen-bond donors (Lipinski definition) is 2. The first-order chi connectivity index (χ1) is 14.2. The van der Waals surface area contributed by atoms with Crippen molar-refractivity contribution in [3.05, 3.63) is 42.5 Å². The van der Waals surface area contributed by atoms with Gasteiger partial charge in [0.25, 0.3) is 0 Å². The third kappa shape index (κ3) is 8.31. The predicted octanol–water partition coefficient (Wildman–Crippen LogP) is 4.00. The first-order valence-electron chi connectivity index (χ1n) is 10.9.